The first-order valence-corrected chi connectivity index (χ1v) is 21.0. The molecule has 2 aliphatic rings. The fraction of sp³-hybridized carbons (Fsp3) is 0.362. The number of carbonyl (C=O) groups is 4. The average molecular weight is 841 g/mol. The minimum absolute atomic E-state index is 0.0821. The fourth-order valence-corrected chi connectivity index (χ4v) is 8.90. The van der Waals surface area contributed by atoms with E-state index >= 15 is 0 Å². The Kier molecular flexibility index (Phi) is 12.2. The highest BCUT2D eigenvalue weighted by molar-refractivity contribution is 6.05. The summed E-state index contributed by atoms with van der Waals surface area (Å²) < 4.78 is 15.2. The highest BCUT2D eigenvalue weighted by atomic mass is 16.5. The Morgan fingerprint density at radius 3 is 2.24 bits per heavy atom. The van der Waals surface area contributed by atoms with E-state index in [-0.39, 0.29) is 35.7 Å². The summed E-state index contributed by atoms with van der Waals surface area (Å²) in [6.45, 7) is 5.32. The molecule has 6 aromatic rings. The number of methoxy groups -OCH3 is 3. The molecule has 0 radical (unpaired) electrons. The quantitative estimate of drug-likeness (QED) is 0.0972. The van der Waals surface area contributed by atoms with Crippen LogP contribution in [0.5, 0.6) is 0 Å². The standard InChI is InChI=1S/C47H52N8O7/c1-27(2)39(52-46(58)61-4)44(56)54-21-9-12-37(54)43-49-35-20-18-33-23-32(17-19-34(33)41(35)51-43)29-13-15-30(16-14-29)36-24-48-42(50-36)38-22-28(26-60-3)25-55(38)45(57)40(53-47(59)62-5)31-10-7-6-8-11-31/h6-8,10-11,13-20,23-24,27-28,37-40H,9,12,21-22,25-26H2,1-5H3,(H,48,50)(H,49,51)(H,52,58)(H,53,59)/t28-,37-,38-,39-,40+/m0/s1. The van der Waals surface area contributed by atoms with Crippen molar-refractivity contribution in [3.63, 3.8) is 0 Å². The van der Waals surface area contributed by atoms with Gasteiger partial charge < -0.3 is 44.6 Å². The van der Waals surface area contributed by atoms with Gasteiger partial charge in [-0.25, -0.2) is 19.6 Å². The van der Waals surface area contributed by atoms with Crippen LogP contribution < -0.4 is 10.6 Å². The zero-order valence-corrected chi connectivity index (χ0v) is 35.5. The number of ether oxygens (including phenoxy) is 3. The molecule has 15 heteroatoms. The van der Waals surface area contributed by atoms with E-state index in [2.05, 4.69) is 69.1 Å². The lowest BCUT2D eigenvalue weighted by Gasteiger charge is -2.29. The molecule has 4 heterocycles. The van der Waals surface area contributed by atoms with Crippen LogP contribution in [0.4, 0.5) is 9.59 Å². The highest BCUT2D eigenvalue weighted by Gasteiger charge is 2.41. The van der Waals surface area contributed by atoms with Crippen molar-refractivity contribution in [2.45, 2.75) is 57.3 Å². The average Bonchev–Trinajstić information content (AvgIpc) is 4.13. The van der Waals surface area contributed by atoms with Crippen molar-refractivity contribution in [3.05, 3.63) is 108 Å². The van der Waals surface area contributed by atoms with E-state index in [1.165, 1.54) is 14.2 Å². The predicted octanol–water partition coefficient (Wildman–Crippen LogP) is 7.45. The van der Waals surface area contributed by atoms with Gasteiger partial charge in [-0.3, -0.25) is 9.59 Å². The summed E-state index contributed by atoms with van der Waals surface area (Å²) in [6.07, 6.45) is 2.72. The molecule has 322 valence electrons. The second kappa shape index (κ2) is 18.1. The second-order valence-electron chi connectivity index (χ2n) is 16.4. The number of imidazole rings is 2. The van der Waals surface area contributed by atoms with Gasteiger partial charge in [-0.2, -0.15) is 0 Å². The van der Waals surface area contributed by atoms with Crippen molar-refractivity contribution in [1.82, 2.24) is 40.4 Å². The first-order valence-electron chi connectivity index (χ1n) is 21.0. The topological polar surface area (TPSA) is 184 Å². The maximum atomic E-state index is 14.2. The molecular formula is C47H52N8O7. The van der Waals surface area contributed by atoms with Gasteiger partial charge in [0.25, 0.3) is 5.91 Å². The summed E-state index contributed by atoms with van der Waals surface area (Å²) in [4.78, 5) is 72.8. The number of hydrogen-bond donors (Lipinski definition) is 4. The minimum atomic E-state index is -0.936. The Balaban J connectivity index is 1.00. The smallest absolute Gasteiger partial charge is 0.407 e. The first-order chi connectivity index (χ1) is 30.1. The molecule has 0 aliphatic carbocycles. The van der Waals surface area contributed by atoms with Crippen LogP contribution in [0.2, 0.25) is 0 Å². The van der Waals surface area contributed by atoms with Crippen LogP contribution in [0.15, 0.2) is 91.1 Å². The molecule has 2 aliphatic heterocycles. The Morgan fingerprint density at radius 2 is 1.52 bits per heavy atom. The number of likely N-dealkylation sites (tertiary alicyclic amines) is 2. The molecule has 4 N–H and O–H groups in total. The maximum Gasteiger partial charge on any atom is 0.407 e. The first kappa shape index (κ1) is 42.0. The molecule has 0 saturated carbocycles. The second-order valence-corrected chi connectivity index (χ2v) is 16.4. The van der Waals surface area contributed by atoms with E-state index < -0.39 is 24.3 Å². The van der Waals surface area contributed by atoms with Crippen LogP contribution in [0, 0.1) is 11.8 Å². The van der Waals surface area contributed by atoms with Crippen LogP contribution in [0.25, 0.3) is 44.2 Å². The third kappa shape index (κ3) is 8.44. The van der Waals surface area contributed by atoms with E-state index in [4.69, 9.17) is 24.2 Å². The molecule has 0 unspecified atom stereocenters. The van der Waals surface area contributed by atoms with Crippen LogP contribution in [-0.4, -0.2) is 101 Å². The molecular weight excluding hydrogens is 789 g/mol. The zero-order valence-electron chi connectivity index (χ0n) is 35.5. The number of fused-ring (bicyclic) bond motifs is 3. The monoisotopic (exact) mass is 840 g/mol. The Hall–Kier alpha value is -6.74. The minimum Gasteiger partial charge on any atom is -0.453 e. The molecule has 0 bridgehead atoms. The van der Waals surface area contributed by atoms with Gasteiger partial charge in [0.2, 0.25) is 5.91 Å². The number of aromatic amines is 2. The summed E-state index contributed by atoms with van der Waals surface area (Å²) in [5.74, 6) is 0.953. The van der Waals surface area contributed by atoms with Gasteiger partial charge in [-0.1, -0.05) is 86.6 Å². The van der Waals surface area contributed by atoms with Crippen LogP contribution in [0.1, 0.15) is 68.4 Å². The van der Waals surface area contributed by atoms with Crippen molar-refractivity contribution in [3.8, 4) is 22.4 Å². The summed E-state index contributed by atoms with van der Waals surface area (Å²) >= 11 is 0. The Labute approximate surface area is 359 Å². The molecule has 4 amide bonds. The molecule has 2 fully saturated rings. The lowest BCUT2D eigenvalue weighted by molar-refractivity contribution is -0.136. The number of aromatic nitrogens is 4. The number of hydrogen-bond acceptors (Lipinski definition) is 9. The zero-order chi connectivity index (χ0) is 43.5. The van der Waals surface area contributed by atoms with Gasteiger partial charge in [-0.05, 0) is 65.0 Å². The van der Waals surface area contributed by atoms with Crippen molar-refractivity contribution >= 4 is 45.8 Å². The third-order valence-corrected chi connectivity index (χ3v) is 12.1. The fourth-order valence-electron chi connectivity index (χ4n) is 8.90. The molecule has 4 aromatic carbocycles. The molecule has 2 aromatic heterocycles. The van der Waals surface area contributed by atoms with Gasteiger partial charge in [0.1, 0.15) is 23.7 Å². The number of H-pyrrole nitrogens is 2. The van der Waals surface area contributed by atoms with Crippen molar-refractivity contribution in [2.75, 3.05) is 41.0 Å². The van der Waals surface area contributed by atoms with E-state index in [1.807, 2.05) is 55.1 Å². The molecule has 2 saturated heterocycles. The molecule has 62 heavy (non-hydrogen) atoms. The Bertz CT molecular complexity index is 2570. The van der Waals surface area contributed by atoms with Crippen molar-refractivity contribution < 1.29 is 33.4 Å². The lowest BCUT2D eigenvalue weighted by Crippen LogP contribution is -2.51. The Morgan fingerprint density at radius 1 is 0.790 bits per heavy atom. The van der Waals surface area contributed by atoms with Crippen LogP contribution >= 0.6 is 0 Å². The maximum absolute atomic E-state index is 14.2. The molecule has 0 spiro atoms. The number of nitrogens with zero attached hydrogens (tertiary/aromatic N) is 4. The molecule has 8 rings (SSSR count). The number of alkyl carbamates (subject to hydrolysis) is 2. The van der Waals surface area contributed by atoms with E-state index in [1.54, 1.807) is 18.2 Å². The number of carbonyl (C=O) groups excluding carboxylic acids is 4. The van der Waals surface area contributed by atoms with Gasteiger partial charge in [0.05, 0.1) is 55.8 Å². The summed E-state index contributed by atoms with van der Waals surface area (Å²) in [7, 11) is 4.22. The largest absolute Gasteiger partial charge is 0.453 e. The number of rotatable bonds is 12. The van der Waals surface area contributed by atoms with Crippen molar-refractivity contribution in [2.24, 2.45) is 11.8 Å². The van der Waals surface area contributed by atoms with Gasteiger partial charge in [0, 0.05) is 31.5 Å². The molecule has 15 nitrogen and oxygen atoms in total. The van der Waals surface area contributed by atoms with Gasteiger partial charge >= 0.3 is 12.2 Å². The van der Waals surface area contributed by atoms with E-state index in [0.29, 0.717) is 37.5 Å². The summed E-state index contributed by atoms with van der Waals surface area (Å²) in [6, 6.07) is 25.6. The number of nitrogens with one attached hydrogen (secondary N) is 4. The SMILES string of the molecule is COC[C@H]1C[C@@H](c2ncc(-c3ccc(-c4ccc5c(ccc6[nH]c([C@@H]7CCCN7C(=O)[C@@H](NC(=O)OC)C(C)C)nc65)c4)cc3)[nH]2)N(C(=O)[C@H](NC(=O)OC)c2ccccc2)C1. The highest BCUT2D eigenvalue weighted by Crippen LogP contribution is 2.38. The van der Waals surface area contributed by atoms with E-state index in [0.717, 1.165) is 62.9 Å². The number of amides is 4. The van der Waals surface area contributed by atoms with Crippen molar-refractivity contribution in [1.29, 1.82) is 0 Å². The third-order valence-electron chi connectivity index (χ3n) is 12.1. The van der Waals surface area contributed by atoms with E-state index in [9.17, 15) is 19.2 Å². The van der Waals surface area contributed by atoms with Gasteiger partial charge in [-0.15, -0.1) is 0 Å². The van der Waals surface area contributed by atoms with Crippen LogP contribution in [-0.2, 0) is 23.8 Å². The number of benzene rings is 4. The normalized spacial score (nSPS) is 18.6. The summed E-state index contributed by atoms with van der Waals surface area (Å²) in [5.41, 5.74) is 6.24. The predicted molar refractivity (Wildman–Crippen MR) is 234 cm³/mol. The van der Waals surface area contributed by atoms with Crippen LogP contribution in [0.3, 0.4) is 0 Å². The molecule has 5 atom stereocenters. The lowest BCUT2D eigenvalue weighted by atomic mass is 9.99. The van der Waals surface area contributed by atoms with Gasteiger partial charge in [0.15, 0.2) is 0 Å². The summed E-state index contributed by atoms with van der Waals surface area (Å²) in [5, 5.41) is 7.48.